The van der Waals surface area contributed by atoms with Crippen molar-refractivity contribution in [3.63, 3.8) is 0 Å². The zero-order chi connectivity index (χ0) is 18.1. The fraction of sp³-hybridized carbons (Fsp3) is 0.130. The SMILES string of the molecule is Cc1ccc(-n2c(C)cc(C=Nc3cccc4cccnc34)c2C)cc1. The number of aryl methyl sites for hydroxylation is 2. The standard InChI is InChI=1S/C23H21N3/c1-16-9-11-21(12-10-16)26-17(2)14-20(18(26)3)15-25-22-8-4-6-19-7-5-13-24-23(19)22/h4-15H,1-3H3. The number of nitrogens with zero attached hydrogens (tertiary/aromatic N) is 3. The predicted octanol–water partition coefficient (Wildman–Crippen LogP) is 5.70. The minimum atomic E-state index is 0.892. The normalized spacial score (nSPS) is 11.5. The molecule has 0 radical (unpaired) electrons. The number of benzene rings is 2. The lowest BCUT2D eigenvalue weighted by Crippen LogP contribution is -1.99. The van der Waals surface area contributed by atoms with E-state index in [2.05, 4.69) is 72.8 Å². The van der Waals surface area contributed by atoms with Gasteiger partial charge in [0.25, 0.3) is 0 Å². The van der Waals surface area contributed by atoms with Gasteiger partial charge < -0.3 is 4.57 Å². The molecule has 3 nitrogen and oxygen atoms in total. The third-order valence-electron chi connectivity index (χ3n) is 4.72. The summed E-state index contributed by atoms with van der Waals surface area (Å²) in [6, 6.07) is 20.9. The maximum Gasteiger partial charge on any atom is 0.0958 e. The number of para-hydroxylation sites is 1. The van der Waals surface area contributed by atoms with Crippen molar-refractivity contribution in [3.8, 4) is 5.69 Å². The van der Waals surface area contributed by atoms with Gasteiger partial charge in [-0.05, 0) is 51.1 Å². The summed E-state index contributed by atoms with van der Waals surface area (Å²) in [5.74, 6) is 0. The van der Waals surface area contributed by atoms with Crippen molar-refractivity contribution in [1.82, 2.24) is 9.55 Å². The highest BCUT2D eigenvalue weighted by Crippen LogP contribution is 2.25. The minimum absolute atomic E-state index is 0.892. The van der Waals surface area contributed by atoms with Crippen molar-refractivity contribution in [3.05, 3.63) is 89.4 Å². The molecule has 0 spiro atoms. The largest absolute Gasteiger partial charge is 0.318 e. The maximum absolute atomic E-state index is 4.73. The van der Waals surface area contributed by atoms with Gasteiger partial charge in [0.05, 0.1) is 11.2 Å². The zero-order valence-electron chi connectivity index (χ0n) is 15.3. The van der Waals surface area contributed by atoms with Gasteiger partial charge >= 0.3 is 0 Å². The summed E-state index contributed by atoms with van der Waals surface area (Å²) < 4.78 is 2.27. The molecule has 0 aliphatic rings. The lowest BCUT2D eigenvalue weighted by molar-refractivity contribution is 0.964. The van der Waals surface area contributed by atoms with Gasteiger partial charge in [-0.3, -0.25) is 9.98 Å². The molecule has 4 rings (SSSR count). The van der Waals surface area contributed by atoms with Gasteiger partial charge in [0.1, 0.15) is 0 Å². The lowest BCUT2D eigenvalue weighted by atomic mass is 10.2. The molecule has 0 saturated heterocycles. The molecule has 0 bridgehead atoms. The van der Waals surface area contributed by atoms with Crippen LogP contribution in [0.4, 0.5) is 5.69 Å². The van der Waals surface area contributed by atoms with Crippen LogP contribution in [0.15, 0.2) is 71.9 Å². The van der Waals surface area contributed by atoms with Gasteiger partial charge in [0.2, 0.25) is 0 Å². The number of fused-ring (bicyclic) bond motifs is 1. The van der Waals surface area contributed by atoms with Crippen LogP contribution in [-0.2, 0) is 0 Å². The average molecular weight is 339 g/mol. The molecule has 0 amide bonds. The first-order valence-corrected chi connectivity index (χ1v) is 8.77. The van der Waals surface area contributed by atoms with Crippen LogP contribution in [0.2, 0.25) is 0 Å². The molecular formula is C23H21N3. The monoisotopic (exact) mass is 339 g/mol. The fourth-order valence-corrected chi connectivity index (χ4v) is 3.34. The van der Waals surface area contributed by atoms with Crippen LogP contribution >= 0.6 is 0 Å². The molecule has 0 aliphatic heterocycles. The Morgan fingerprint density at radius 1 is 0.923 bits per heavy atom. The van der Waals surface area contributed by atoms with E-state index >= 15 is 0 Å². The molecule has 3 heteroatoms. The summed E-state index contributed by atoms with van der Waals surface area (Å²) in [4.78, 5) is 9.20. The molecular weight excluding hydrogens is 318 g/mol. The van der Waals surface area contributed by atoms with E-state index < -0.39 is 0 Å². The molecule has 0 unspecified atom stereocenters. The number of hydrogen-bond acceptors (Lipinski definition) is 2. The van der Waals surface area contributed by atoms with Crippen molar-refractivity contribution in [1.29, 1.82) is 0 Å². The molecule has 2 heterocycles. The van der Waals surface area contributed by atoms with E-state index in [1.165, 1.54) is 22.6 Å². The Balaban J connectivity index is 1.74. The van der Waals surface area contributed by atoms with Crippen molar-refractivity contribution >= 4 is 22.8 Å². The van der Waals surface area contributed by atoms with Crippen LogP contribution in [0.5, 0.6) is 0 Å². The Labute approximate surface area is 153 Å². The first kappa shape index (κ1) is 16.3. The van der Waals surface area contributed by atoms with Crippen molar-refractivity contribution in [2.75, 3.05) is 0 Å². The van der Waals surface area contributed by atoms with Crippen LogP contribution in [0.3, 0.4) is 0 Å². The number of aromatic nitrogens is 2. The van der Waals surface area contributed by atoms with E-state index in [0.717, 1.165) is 22.2 Å². The number of hydrogen-bond donors (Lipinski definition) is 0. The van der Waals surface area contributed by atoms with E-state index in [4.69, 9.17) is 4.99 Å². The van der Waals surface area contributed by atoms with Crippen molar-refractivity contribution in [2.45, 2.75) is 20.8 Å². The van der Waals surface area contributed by atoms with Crippen LogP contribution < -0.4 is 0 Å². The molecule has 26 heavy (non-hydrogen) atoms. The van der Waals surface area contributed by atoms with Gasteiger partial charge in [0.15, 0.2) is 0 Å². The van der Waals surface area contributed by atoms with Crippen LogP contribution in [0.1, 0.15) is 22.5 Å². The topological polar surface area (TPSA) is 30.2 Å². The van der Waals surface area contributed by atoms with Gasteiger partial charge in [0, 0.05) is 40.4 Å². The van der Waals surface area contributed by atoms with Gasteiger partial charge in [-0.15, -0.1) is 0 Å². The Morgan fingerprint density at radius 2 is 1.69 bits per heavy atom. The lowest BCUT2D eigenvalue weighted by Gasteiger charge is -2.09. The van der Waals surface area contributed by atoms with E-state index in [1.54, 1.807) is 0 Å². The highest BCUT2D eigenvalue weighted by atomic mass is 15.0. The predicted molar refractivity (Wildman–Crippen MR) is 109 cm³/mol. The van der Waals surface area contributed by atoms with Crippen LogP contribution in [-0.4, -0.2) is 15.8 Å². The Kier molecular flexibility index (Phi) is 4.13. The second-order valence-electron chi connectivity index (χ2n) is 6.61. The fourth-order valence-electron chi connectivity index (χ4n) is 3.34. The van der Waals surface area contributed by atoms with Gasteiger partial charge in [-0.25, -0.2) is 0 Å². The summed E-state index contributed by atoms with van der Waals surface area (Å²) in [6.45, 7) is 6.37. The summed E-state index contributed by atoms with van der Waals surface area (Å²) in [6.07, 6.45) is 3.75. The zero-order valence-corrected chi connectivity index (χ0v) is 15.3. The number of pyridine rings is 1. The molecule has 2 aromatic carbocycles. The highest BCUT2D eigenvalue weighted by Gasteiger charge is 2.09. The molecule has 0 saturated carbocycles. The molecule has 2 aromatic heterocycles. The molecule has 4 aromatic rings. The highest BCUT2D eigenvalue weighted by molar-refractivity contribution is 5.92. The summed E-state index contributed by atoms with van der Waals surface area (Å²) in [7, 11) is 0. The average Bonchev–Trinajstić information content (AvgIpc) is 2.94. The Bertz CT molecular complexity index is 1100. The minimum Gasteiger partial charge on any atom is -0.318 e. The summed E-state index contributed by atoms with van der Waals surface area (Å²) >= 11 is 0. The van der Waals surface area contributed by atoms with Crippen molar-refractivity contribution < 1.29 is 0 Å². The van der Waals surface area contributed by atoms with E-state index in [9.17, 15) is 0 Å². The number of aliphatic imine (C=N–C) groups is 1. The van der Waals surface area contributed by atoms with E-state index in [-0.39, 0.29) is 0 Å². The second kappa shape index (κ2) is 6.60. The molecule has 0 fully saturated rings. The van der Waals surface area contributed by atoms with Crippen molar-refractivity contribution in [2.24, 2.45) is 4.99 Å². The first-order valence-electron chi connectivity index (χ1n) is 8.77. The van der Waals surface area contributed by atoms with Crippen LogP contribution in [0.25, 0.3) is 16.6 Å². The molecule has 128 valence electrons. The quantitative estimate of drug-likeness (QED) is 0.440. The maximum atomic E-state index is 4.73. The summed E-state index contributed by atoms with van der Waals surface area (Å²) in [5, 5.41) is 1.10. The molecule has 0 N–H and O–H groups in total. The van der Waals surface area contributed by atoms with Gasteiger partial charge in [-0.2, -0.15) is 0 Å². The first-order chi connectivity index (χ1) is 12.6. The Hall–Kier alpha value is -3.20. The van der Waals surface area contributed by atoms with E-state index in [1.807, 2.05) is 30.6 Å². The molecule has 0 aliphatic carbocycles. The number of rotatable bonds is 3. The third kappa shape index (κ3) is 2.92. The molecule has 0 atom stereocenters. The third-order valence-corrected chi connectivity index (χ3v) is 4.72. The van der Waals surface area contributed by atoms with Gasteiger partial charge in [-0.1, -0.05) is 35.9 Å². The van der Waals surface area contributed by atoms with Crippen LogP contribution in [0, 0.1) is 20.8 Å². The second-order valence-corrected chi connectivity index (χ2v) is 6.61. The van der Waals surface area contributed by atoms with E-state index in [0.29, 0.717) is 0 Å². The summed E-state index contributed by atoms with van der Waals surface area (Å²) in [5.41, 5.74) is 7.77. The Morgan fingerprint density at radius 3 is 2.50 bits per heavy atom. The smallest absolute Gasteiger partial charge is 0.0958 e.